The molecule has 76 valence electrons. The lowest BCUT2D eigenvalue weighted by Crippen LogP contribution is -2.25. The Kier molecular flexibility index (Phi) is 2.42. The van der Waals surface area contributed by atoms with Crippen LogP contribution in [-0.4, -0.2) is 18.9 Å². The monoisotopic (exact) mass is 195 g/mol. The molecule has 1 aliphatic heterocycles. The normalized spacial score (nSPS) is 26.6. The number of anilines is 1. The molecule has 1 heterocycles. The summed E-state index contributed by atoms with van der Waals surface area (Å²) in [7, 11) is 0. The van der Waals surface area contributed by atoms with Crippen LogP contribution in [0.15, 0.2) is 24.3 Å². The third kappa shape index (κ3) is 2.04. The lowest BCUT2D eigenvalue weighted by atomic mass is 9.95. The van der Waals surface area contributed by atoms with Crippen molar-refractivity contribution in [3.63, 3.8) is 0 Å². The molecule has 2 rings (SSSR count). The van der Waals surface area contributed by atoms with E-state index >= 15 is 0 Å². The molecule has 0 amide bonds. The third-order valence-electron chi connectivity index (χ3n) is 2.56. The molecule has 0 aromatic heterocycles. The van der Waals surface area contributed by atoms with Crippen LogP contribution in [0.3, 0.4) is 0 Å². The lowest BCUT2D eigenvalue weighted by molar-refractivity contribution is 0.112. The Bertz CT molecular complexity index is 304. The number of halogens is 1. The largest absolute Gasteiger partial charge is 0.399 e. The average Bonchev–Trinajstić information content (AvgIpc) is 2.57. The van der Waals surface area contributed by atoms with Gasteiger partial charge >= 0.3 is 0 Å². The fourth-order valence-corrected chi connectivity index (χ4v) is 1.72. The smallest absolute Gasteiger partial charge is 0.140 e. The molecule has 0 saturated carbocycles. The molecule has 1 aromatic carbocycles. The second-order valence-electron chi connectivity index (χ2n) is 3.87. The Morgan fingerprint density at radius 2 is 2.07 bits per heavy atom. The van der Waals surface area contributed by atoms with Gasteiger partial charge in [0, 0.05) is 25.1 Å². The van der Waals surface area contributed by atoms with Gasteiger partial charge in [0.1, 0.15) is 5.67 Å². The molecule has 14 heavy (non-hydrogen) atoms. The highest BCUT2D eigenvalue weighted by Gasteiger charge is 2.34. The number of rotatable bonds is 2. The third-order valence-corrected chi connectivity index (χ3v) is 2.56. The number of hydrogen-bond acceptors (Lipinski definition) is 2. The van der Waals surface area contributed by atoms with Gasteiger partial charge in [-0.05, 0) is 17.7 Å². The Morgan fingerprint density at radius 3 is 2.64 bits per heavy atom. The molecule has 0 bridgehead atoms. The Labute approximate surface area is 82.9 Å². The minimum absolute atomic E-state index is 0.220. The van der Waals surface area contributed by atoms with Crippen molar-refractivity contribution in [1.82, 2.24) is 0 Å². The highest BCUT2D eigenvalue weighted by Crippen LogP contribution is 2.27. The SMILES string of the molecule is Nc1ccc(CC2(F)CCOC2)cc1. The minimum atomic E-state index is -1.17. The highest BCUT2D eigenvalue weighted by atomic mass is 19.1. The van der Waals surface area contributed by atoms with Gasteiger partial charge in [0.2, 0.25) is 0 Å². The van der Waals surface area contributed by atoms with Crippen LogP contribution in [-0.2, 0) is 11.2 Å². The Morgan fingerprint density at radius 1 is 1.36 bits per heavy atom. The van der Waals surface area contributed by atoms with E-state index in [1.54, 1.807) is 12.1 Å². The summed E-state index contributed by atoms with van der Waals surface area (Å²) < 4.78 is 19.0. The first-order valence-electron chi connectivity index (χ1n) is 4.79. The second kappa shape index (κ2) is 3.58. The summed E-state index contributed by atoms with van der Waals surface area (Å²) in [6.07, 6.45) is 0.921. The van der Waals surface area contributed by atoms with Gasteiger partial charge in [-0.15, -0.1) is 0 Å². The maximum atomic E-state index is 13.9. The van der Waals surface area contributed by atoms with Crippen LogP contribution in [0.4, 0.5) is 10.1 Å². The van der Waals surface area contributed by atoms with E-state index in [9.17, 15) is 4.39 Å². The van der Waals surface area contributed by atoms with E-state index in [2.05, 4.69) is 0 Å². The van der Waals surface area contributed by atoms with Crippen molar-refractivity contribution in [2.75, 3.05) is 18.9 Å². The van der Waals surface area contributed by atoms with Gasteiger partial charge in [0.15, 0.2) is 0 Å². The van der Waals surface area contributed by atoms with Gasteiger partial charge in [0.05, 0.1) is 6.61 Å². The number of nitrogens with two attached hydrogens (primary N) is 1. The molecule has 1 unspecified atom stereocenters. The summed E-state index contributed by atoms with van der Waals surface area (Å²) in [5, 5.41) is 0. The Balaban J connectivity index is 2.06. The molecular weight excluding hydrogens is 181 g/mol. The molecule has 3 heteroatoms. The van der Waals surface area contributed by atoms with Crippen LogP contribution in [0, 0.1) is 0 Å². The van der Waals surface area contributed by atoms with Crippen LogP contribution < -0.4 is 5.73 Å². The summed E-state index contributed by atoms with van der Waals surface area (Å²) in [5.41, 5.74) is 6.07. The predicted molar refractivity (Wildman–Crippen MR) is 53.8 cm³/mol. The fourth-order valence-electron chi connectivity index (χ4n) is 1.72. The zero-order valence-corrected chi connectivity index (χ0v) is 8.00. The maximum absolute atomic E-state index is 13.9. The van der Waals surface area contributed by atoms with Crippen molar-refractivity contribution in [1.29, 1.82) is 0 Å². The zero-order chi connectivity index (χ0) is 10.0. The molecule has 0 radical (unpaired) electrons. The molecule has 1 fully saturated rings. The molecule has 1 saturated heterocycles. The predicted octanol–water partition coefficient (Wildman–Crippen LogP) is 1.94. The molecule has 1 atom stereocenters. The van der Waals surface area contributed by atoms with E-state index in [4.69, 9.17) is 10.5 Å². The van der Waals surface area contributed by atoms with Gasteiger partial charge in [-0.2, -0.15) is 0 Å². The van der Waals surface area contributed by atoms with Crippen molar-refractivity contribution in [2.24, 2.45) is 0 Å². The minimum Gasteiger partial charge on any atom is -0.399 e. The van der Waals surface area contributed by atoms with E-state index in [0.717, 1.165) is 5.56 Å². The van der Waals surface area contributed by atoms with Crippen LogP contribution >= 0.6 is 0 Å². The van der Waals surface area contributed by atoms with Gasteiger partial charge in [-0.25, -0.2) is 4.39 Å². The van der Waals surface area contributed by atoms with Crippen molar-refractivity contribution in [2.45, 2.75) is 18.5 Å². The summed E-state index contributed by atoms with van der Waals surface area (Å²) in [4.78, 5) is 0. The van der Waals surface area contributed by atoms with E-state index in [0.29, 0.717) is 25.1 Å². The van der Waals surface area contributed by atoms with Crippen molar-refractivity contribution >= 4 is 5.69 Å². The molecule has 1 aliphatic rings. The quantitative estimate of drug-likeness (QED) is 0.732. The second-order valence-corrected chi connectivity index (χ2v) is 3.87. The van der Waals surface area contributed by atoms with Gasteiger partial charge in [-0.1, -0.05) is 12.1 Å². The van der Waals surface area contributed by atoms with Crippen molar-refractivity contribution < 1.29 is 9.13 Å². The van der Waals surface area contributed by atoms with E-state index in [1.165, 1.54) is 0 Å². The number of hydrogen-bond donors (Lipinski definition) is 1. The molecule has 0 spiro atoms. The van der Waals surface area contributed by atoms with Crippen LogP contribution in [0.5, 0.6) is 0 Å². The molecule has 2 N–H and O–H groups in total. The van der Waals surface area contributed by atoms with E-state index < -0.39 is 5.67 Å². The maximum Gasteiger partial charge on any atom is 0.140 e. The number of benzene rings is 1. The molecule has 0 aliphatic carbocycles. The first-order chi connectivity index (χ1) is 6.68. The number of nitrogen functional groups attached to an aromatic ring is 1. The van der Waals surface area contributed by atoms with Crippen LogP contribution in [0.2, 0.25) is 0 Å². The van der Waals surface area contributed by atoms with Crippen molar-refractivity contribution in [3.8, 4) is 0 Å². The number of ether oxygens (including phenoxy) is 1. The highest BCUT2D eigenvalue weighted by molar-refractivity contribution is 5.39. The summed E-state index contributed by atoms with van der Waals surface area (Å²) in [5.74, 6) is 0. The zero-order valence-electron chi connectivity index (χ0n) is 8.00. The summed E-state index contributed by atoms with van der Waals surface area (Å²) in [6.45, 7) is 0.753. The molecule has 2 nitrogen and oxygen atoms in total. The average molecular weight is 195 g/mol. The Hall–Kier alpha value is -1.09. The van der Waals surface area contributed by atoms with Gasteiger partial charge in [0.25, 0.3) is 0 Å². The van der Waals surface area contributed by atoms with Gasteiger partial charge < -0.3 is 10.5 Å². The lowest BCUT2D eigenvalue weighted by Gasteiger charge is -2.16. The standard InChI is InChI=1S/C11H14FNO/c12-11(5-6-14-8-11)7-9-1-3-10(13)4-2-9/h1-4H,5-8,13H2. The first-order valence-corrected chi connectivity index (χ1v) is 4.79. The van der Waals surface area contributed by atoms with E-state index in [-0.39, 0.29) is 6.61 Å². The summed E-state index contributed by atoms with van der Waals surface area (Å²) in [6, 6.07) is 7.34. The first kappa shape index (κ1) is 9.46. The molecule has 1 aromatic rings. The van der Waals surface area contributed by atoms with Crippen molar-refractivity contribution in [3.05, 3.63) is 29.8 Å². The molecular formula is C11H14FNO. The van der Waals surface area contributed by atoms with Crippen LogP contribution in [0.1, 0.15) is 12.0 Å². The number of alkyl halides is 1. The topological polar surface area (TPSA) is 35.2 Å². The fraction of sp³-hybridized carbons (Fsp3) is 0.455. The summed E-state index contributed by atoms with van der Waals surface area (Å²) >= 11 is 0. The van der Waals surface area contributed by atoms with E-state index in [1.807, 2.05) is 12.1 Å². The van der Waals surface area contributed by atoms with Gasteiger partial charge in [-0.3, -0.25) is 0 Å². The van der Waals surface area contributed by atoms with Crippen LogP contribution in [0.25, 0.3) is 0 Å².